The van der Waals surface area contributed by atoms with Crippen LogP contribution >= 0.6 is 11.3 Å². The average Bonchev–Trinajstić information content (AvgIpc) is 3.25. The van der Waals surface area contributed by atoms with Gasteiger partial charge in [-0.1, -0.05) is 23.5 Å². The summed E-state index contributed by atoms with van der Waals surface area (Å²) < 4.78 is 27.1. The molecule has 2 aromatic carbocycles. The number of halogens is 2. The van der Waals surface area contributed by atoms with Gasteiger partial charge in [0.25, 0.3) is 5.91 Å². The van der Waals surface area contributed by atoms with Gasteiger partial charge in [0.15, 0.2) is 16.8 Å². The van der Waals surface area contributed by atoms with E-state index < -0.39 is 11.6 Å². The van der Waals surface area contributed by atoms with E-state index in [4.69, 9.17) is 0 Å². The minimum absolute atomic E-state index is 0.284. The maximum Gasteiger partial charge on any atom is 0.257 e. The van der Waals surface area contributed by atoms with Crippen LogP contribution in [0.4, 0.5) is 13.9 Å². The Morgan fingerprint density at radius 1 is 1.15 bits per heavy atom. The molecule has 0 radical (unpaired) electrons. The Labute approximate surface area is 153 Å². The van der Waals surface area contributed by atoms with Gasteiger partial charge in [0.2, 0.25) is 0 Å². The summed E-state index contributed by atoms with van der Waals surface area (Å²) in [6, 6.07) is 9.62. The Hall–Kier alpha value is -2.38. The van der Waals surface area contributed by atoms with Crippen molar-refractivity contribution in [1.29, 1.82) is 0 Å². The van der Waals surface area contributed by atoms with Gasteiger partial charge < -0.3 is 0 Å². The van der Waals surface area contributed by atoms with Crippen LogP contribution in [0.2, 0.25) is 0 Å². The van der Waals surface area contributed by atoms with Crippen molar-refractivity contribution in [1.82, 2.24) is 9.88 Å². The van der Waals surface area contributed by atoms with Gasteiger partial charge >= 0.3 is 0 Å². The minimum atomic E-state index is -0.949. The maximum atomic E-state index is 13.3. The van der Waals surface area contributed by atoms with Crippen molar-refractivity contribution in [3.63, 3.8) is 0 Å². The summed E-state index contributed by atoms with van der Waals surface area (Å²) in [4.78, 5) is 19.0. The lowest BCUT2D eigenvalue weighted by Gasteiger charge is -2.14. The molecule has 1 aliphatic heterocycles. The molecule has 0 atom stereocenters. The standard InChI is InChI=1S/C19H17F2N3OS/c20-14-9-16-17(10-15(14)21)26-19(22-16)23-18(25)13-5-3-4-12(8-13)11-24-6-1-2-7-24/h3-5,8-10H,1-2,6-7,11H2,(H,22,23,25). The molecule has 4 nitrogen and oxygen atoms in total. The Kier molecular flexibility index (Phi) is 4.65. The Balaban J connectivity index is 1.50. The number of anilines is 1. The van der Waals surface area contributed by atoms with Crippen molar-refractivity contribution < 1.29 is 13.6 Å². The second-order valence-corrected chi connectivity index (χ2v) is 7.42. The fourth-order valence-corrected chi connectivity index (χ4v) is 4.02. The number of nitrogens with zero attached hydrogens (tertiary/aromatic N) is 2. The molecule has 7 heteroatoms. The predicted octanol–water partition coefficient (Wildman–Crippen LogP) is 4.42. The highest BCUT2D eigenvalue weighted by molar-refractivity contribution is 7.22. The van der Waals surface area contributed by atoms with Crippen LogP contribution in [0.1, 0.15) is 28.8 Å². The zero-order valence-corrected chi connectivity index (χ0v) is 14.8. The minimum Gasteiger partial charge on any atom is -0.299 e. The van der Waals surface area contributed by atoms with Crippen LogP contribution in [0.15, 0.2) is 36.4 Å². The third-order valence-corrected chi connectivity index (χ3v) is 5.38. The number of rotatable bonds is 4. The predicted molar refractivity (Wildman–Crippen MR) is 98.4 cm³/mol. The molecule has 26 heavy (non-hydrogen) atoms. The average molecular weight is 373 g/mol. The monoisotopic (exact) mass is 373 g/mol. The summed E-state index contributed by atoms with van der Waals surface area (Å²) in [6.07, 6.45) is 2.44. The highest BCUT2D eigenvalue weighted by Gasteiger charge is 2.15. The summed E-state index contributed by atoms with van der Waals surface area (Å²) in [7, 11) is 0. The van der Waals surface area contributed by atoms with Gasteiger partial charge in [-0.3, -0.25) is 15.0 Å². The molecule has 0 spiro atoms. The summed E-state index contributed by atoms with van der Waals surface area (Å²) in [5.74, 6) is -2.16. The third kappa shape index (κ3) is 3.59. The molecule has 0 bridgehead atoms. The van der Waals surface area contributed by atoms with E-state index in [-0.39, 0.29) is 5.91 Å². The molecular weight excluding hydrogens is 356 g/mol. The molecular formula is C19H17F2N3OS. The van der Waals surface area contributed by atoms with Crippen molar-refractivity contribution in [3.05, 3.63) is 59.2 Å². The second-order valence-electron chi connectivity index (χ2n) is 6.39. The van der Waals surface area contributed by atoms with Crippen molar-refractivity contribution >= 4 is 32.6 Å². The molecule has 2 heterocycles. The first-order chi connectivity index (χ1) is 12.6. The number of amides is 1. The number of carbonyl (C=O) groups is 1. The van der Waals surface area contributed by atoms with E-state index in [1.54, 1.807) is 6.07 Å². The number of thiazole rings is 1. The number of carbonyl (C=O) groups excluding carboxylic acids is 1. The van der Waals surface area contributed by atoms with E-state index in [0.717, 1.165) is 48.7 Å². The van der Waals surface area contributed by atoms with Crippen LogP contribution in [0, 0.1) is 11.6 Å². The molecule has 134 valence electrons. The highest BCUT2D eigenvalue weighted by atomic mass is 32.1. The third-order valence-electron chi connectivity index (χ3n) is 4.44. The number of aromatic nitrogens is 1. The number of hydrogen-bond donors (Lipinski definition) is 1. The summed E-state index contributed by atoms with van der Waals surface area (Å²) >= 11 is 1.12. The highest BCUT2D eigenvalue weighted by Crippen LogP contribution is 2.28. The molecule has 0 aliphatic carbocycles. The fraction of sp³-hybridized carbons (Fsp3) is 0.263. The molecule has 1 saturated heterocycles. The van der Waals surface area contributed by atoms with E-state index in [0.29, 0.717) is 20.9 Å². The summed E-state index contributed by atoms with van der Waals surface area (Å²) in [5, 5.41) is 3.04. The topological polar surface area (TPSA) is 45.2 Å². The second kappa shape index (κ2) is 7.09. The van der Waals surface area contributed by atoms with Crippen molar-refractivity contribution in [2.45, 2.75) is 19.4 Å². The van der Waals surface area contributed by atoms with Crippen LogP contribution in [0.3, 0.4) is 0 Å². The van der Waals surface area contributed by atoms with Crippen molar-refractivity contribution in [2.24, 2.45) is 0 Å². The maximum absolute atomic E-state index is 13.3. The molecule has 1 N–H and O–H groups in total. The van der Waals surface area contributed by atoms with E-state index >= 15 is 0 Å². The number of likely N-dealkylation sites (tertiary alicyclic amines) is 1. The fourth-order valence-electron chi connectivity index (χ4n) is 3.16. The lowest BCUT2D eigenvalue weighted by Crippen LogP contribution is -2.19. The first kappa shape index (κ1) is 17.1. The molecule has 1 amide bonds. The van der Waals surface area contributed by atoms with Gasteiger partial charge in [-0.2, -0.15) is 0 Å². The van der Waals surface area contributed by atoms with Gasteiger partial charge in [-0.15, -0.1) is 0 Å². The molecule has 1 fully saturated rings. The first-order valence-electron chi connectivity index (χ1n) is 8.47. The van der Waals surface area contributed by atoms with Crippen LogP contribution in [-0.2, 0) is 6.54 Å². The van der Waals surface area contributed by atoms with E-state index in [1.165, 1.54) is 12.8 Å². The van der Waals surface area contributed by atoms with Crippen molar-refractivity contribution in [2.75, 3.05) is 18.4 Å². The summed E-state index contributed by atoms with van der Waals surface area (Å²) in [5.41, 5.74) is 1.96. The van der Waals surface area contributed by atoms with Gasteiger partial charge in [0.05, 0.1) is 10.2 Å². The number of hydrogen-bond acceptors (Lipinski definition) is 4. The molecule has 3 aromatic rings. The van der Waals surface area contributed by atoms with Crippen LogP contribution in [-0.4, -0.2) is 28.9 Å². The lowest BCUT2D eigenvalue weighted by atomic mass is 10.1. The molecule has 1 aliphatic rings. The van der Waals surface area contributed by atoms with E-state index in [9.17, 15) is 13.6 Å². The van der Waals surface area contributed by atoms with Crippen LogP contribution < -0.4 is 5.32 Å². The Bertz CT molecular complexity index is 928. The zero-order chi connectivity index (χ0) is 18.1. The smallest absolute Gasteiger partial charge is 0.257 e. The lowest BCUT2D eigenvalue weighted by molar-refractivity contribution is 0.102. The molecule has 0 unspecified atom stereocenters. The van der Waals surface area contributed by atoms with Crippen LogP contribution in [0.25, 0.3) is 10.2 Å². The molecule has 4 rings (SSSR count). The van der Waals surface area contributed by atoms with Gasteiger partial charge in [0, 0.05) is 18.2 Å². The first-order valence-corrected chi connectivity index (χ1v) is 9.28. The van der Waals surface area contributed by atoms with Gasteiger partial charge in [-0.05, 0) is 49.7 Å². The van der Waals surface area contributed by atoms with E-state index in [2.05, 4.69) is 15.2 Å². The number of nitrogens with one attached hydrogen (secondary N) is 1. The summed E-state index contributed by atoms with van der Waals surface area (Å²) in [6.45, 7) is 3.02. The normalized spacial score (nSPS) is 14.8. The Morgan fingerprint density at radius 2 is 1.92 bits per heavy atom. The number of fused-ring (bicyclic) bond motifs is 1. The quantitative estimate of drug-likeness (QED) is 0.736. The molecule has 0 saturated carbocycles. The van der Waals surface area contributed by atoms with Gasteiger partial charge in [-0.25, -0.2) is 13.8 Å². The zero-order valence-electron chi connectivity index (χ0n) is 14.0. The Morgan fingerprint density at radius 3 is 2.73 bits per heavy atom. The van der Waals surface area contributed by atoms with E-state index in [1.807, 2.05) is 18.2 Å². The largest absolute Gasteiger partial charge is 0.299 e. The SMILES string of the molecule is O=C(Nc1nc2cc(F)c(F)cc2s1)c1cccc(CN2CCCC2)c1. The number of benzene rings is 2. The van der Waals surface area contributed by atoms with Gasteiger partial charge in [0.1, 0.15) is 0 Å². The van der Waals surface area contributed by atoms with Crippen LogP contribution in [0.5, 0.6) is 0 Å². The van der Waals surface area contributed by atoms with Crippen molar-refractivity contribution in [3.8, 4) is 0 Å². The molecule has 1 aromatic heterocycles.